The van der Waals surface area contributed by atoms with Crippen LogP contribution < -0.4 is 16.4 Å². The second-order valence-electron chi connectivity index (χ2n) is 3.30. The Bertz CT molecular complexity index is 267. The molecule has 7 heteroatoms. The van der Waals surface area contributed by atoms with Crippen molar-refractivity contribution in [2.75, 3.05) is 6.54 Å². The number of amides is 3. The van der Waals surface area contributed by atoms with Crippen LogP contribution in [-0.2, 0) is 9.59 Å². The Kier molecular flexibility index (Phi) is 6.66. The largest absolute Gasteiger partial charge is 0.480 e. The Hall–Kier alpha value is -1.79. The van der Waals surface area contributed by atoms with Gasteiger partial charge >= 0.3 is 12.0 Å². The SMILES string of the molecule is CCCNC(=O)NC(CCC(N)=O)C(=O)O. The van der Waals surface area contributed by atoms with Crippen LogP contribution in [-0.4, -0.2) is 35.6 Å². The van der Waals surface area contributed by atoms with Crippen molar-refractivity contribution >= 4 is 17.9 Å². The van der Waals surface area contributed by atoms with E-state index in [4.69, 9.17) is 10.8 Å². The topological polar surface area (TPSA) is 122 Å². The van der Waals surface area contributed by atoms with E-state index in [1.807, 2.05) is 6.92 Å². The lowest BCUT2D eigenvalue weighted by Crippen LogP contribution is -2.46. The van der Waals surface area contributed by atoms with Crippen LogP contribution in [0.1, 0.15) is 26.2 Å². The van der Waals surface area contributed by atoms with Crippen LogP contribution in [0.2, 0.25) is 0 Å². The molecule has 0 heterocycles. The lowest BCUT2D eigenvalue weighted by Gasteiger charge is -2.13. The van der Waals surface area contributed by atoms with E-state index in [-0.39, 0.29) is 12.8 Å². The van der Waals surface area contributed by atoms with Gasteiger partial charge in [0.1, 0.15) is 6.04 Å². The van der Waals surface area contributed by atoms with Crippen molar-refractivity contribution in [1.82, 2.24) is 10.6 Å². The molecule has 0 fully saturated rings. The molecular formula is C9H17N3O4. The standard InChI is InChI=1S/C9H17N3O4/c1-2-5-11-9(16)12-6(8(14)15)3-4-7(10)13/h6H,2-5H2,1H3,(H2,10,13)(H,14,15)(H2,11,12,16). The van der Waals surface area contributed by atoms with Crippen molar-refractivity contribution in [3.63, 3.8) is 0 Å². The van der Waals surface area contributed by atoms with Crippen molar-refractivity contribution in [1.29, 1.82) is 0 Å². The van der Waals surface area contributed by atoms with Crippen LogP contribution in [0.5, 0.6) is 0 Å². The Labute approximate surface area is 93.4 Å². The summed E-state index contributed by atoms with van der Waals surface area (Å²) in [5.74, 6) is -1.78. The first kappa shape index (κ1) is 14.2. The van der Waals surface area contributed by atoms with Gasteiger partial charge in [-0.2, -0.15) is 0 Å². The quantitative estimate of drug-likeness (QED) is 0.468. The maximum Gasteiger partial charge on any atom is 0.326 e. The Morgan fingerprint density at radius 2 is 2.00 bits per heavy atom. The molecule has 0 saturated carbocycles. The molecule has 0 saturated heterocycles. The minimum absolute atomic E-state index is 0.00971. The van der Waals surface area contributed by atoms with Gasteiger partial charge in [0, 0.05) is 13.0 Å². The third-order valence-corrected chi connectivity index (χ3v) is 1.82. The van der Waals surface area contributed by atoms with E-state index in [0.29, 0.717) is 6.54 Å². The van der Waals surface area contributed by atoms with Crippen LogP contribution in [0.25, 0.3) is 0 Å². The number of nitrogens with one attached hydrogen (secondary N) is 2. The van der Waals surface area contributed by atoms with Gasteiger partial charge in [-0.15, -0.1) is 0 Å². The summed E-state index contributed by atoms with van der Waals surface area (Å²) in [5, 5.41) is 13.5. The molecule has 0 aromatic rings. The number of rotatable bonds is 7. The monoisotopic (exact) mass is 231 g/mol. The molecule has 7 nitrogen and oxygen atoms in total. The smallest absolute Gasteiger partial charge is 0.326 e. The summed E-state index contributed by atoms with van der Waals surface area (Å²) < 4.78 is 0. The zero-order chi connectivity index (χ0) is 12.6. The Morgan fingerprint density at radius 1 is 1.38 bits per heavy atom. The number of carboxylic acid groups (broad SMARTS) is 1. The summed E-state index contributed by atoms with van der Waals surface area (Å²) >= 11 is 0. The van der Waals surface area contributed by atoms with Crippen LogP contribution in [0.3, 0.4) is 0 Å². The number of hydrogen-bond donors (Lipinski definition) is 4. The van der Waals surface area contributed by atoms with Gasteiger partial charge in [0.05, 0.1) is 0 Å². The van der Waals surface area contributed by atoms with Crippen molar-refractivity contribution < 1.29 is 19.5 Å². The summed E-state index contributed by atoms with van der Waals surface area (Å²) in [6.07, 6.45) is 0.668. The number of primary amides is 1. The van der Waals surface area contributed by atoms with Gasteiger partial charge in [-0.05, 0) is 12.8 Å². The molecule has 0 aromatic carbocycles. The molecular weight excluding hydrogens is 214 g/mol. The molecule has 0 aliphatic rings. The summed E-state index contributed by atoms with van der Waals surface area (Å²) in [7, 11) is 0. The molecule has 0 aliphatic carbocycles. The first-order valence-electron chi connectivity index (χ1n) is 5.02. The molecule has 16 heavy (non-hydrogen) atoms. The molecule has 1 unspecified atom stereocenters. The summed E-state index contributed by atoms with van der Waals surface area (Å²) in [5.41, 5.74) is 4.89. The molecule has 5 N–H and O–H groups in total. The third-order valence-electron chi connectivity index (χ3n) is 1.82. The highest BCUT2D eigenvalue weighted by molar-refractivity contribution is 5.83. The summed E-state index contributed by atoms with van der Waals surface area (Å²) in [6, 6.07) is -1.65. The number of urea groups is 1. The number of carbonyl (C=O) groups is 3. The highest BCUT2D eigenvalue weighted by atomic mass is 16.4. The Morgan fingerprint density at radius 3 is 2.44 bits per heavy atom. The van der Waals surface area contributed by atoms with E-state index < -0.39 is 23.9 Å². The lowest BCUT2D eigenvalue weighted by molar-refractivity contribution is -0.139. The number of hydrogen-bond acceptors (Lipinski definition) is 3. The molecule has 0 aromatic heterocycles. The maximum absolute atomic E-state index is 11.2. The lowest BCUT2D eigenvalue weighted by atomic mass is 10.1. The first-order chi connectivity index (χ1) is 7.47. The molecule has 3 amide bonds. The fourth-order valence-electron chi connectivity index (χ4n) is 0.992. The van der Waals surface area contributed by atoms with E-state index in [2.05, 4.69) is 10.6 Å². The average molecular weight is 231 g/mol. The van der Waals surface area contributed by atoms with E-state index >= 15 is 0 Å². The van der Waals surface area contributed by atoms with Crippen molar-refractivity contribution in [3.05, 3.63) is 0 Å². The van der Waals surface area contributed by atoms with E-state index in [1.54, 1.807) is 0 Å². The number of carbonyl (C=O) groups excluding carboxylic acids is 2. The maximum atomic E-state index is 11.2. The van der Waals surface area contributed by atoms with Gasteiger partial charge in [0.25, 0.3) is 0 Å². The fourth-order valence-corrected chi connectivity index (χ4v) is 0.992. The molecule has 0 aliphatic heterocycles. The van der Waals surface area contributed by atoms with Gasteiger partial charge in [0.2, 0.25) is 5.91 Å². The summed E-state index contributed by atoms with van der Waals surface area (Å²) in [6.45, 7) is 2.34. The van der Waals surface area contributed by atoms with E-state index in [0.717, 1.165) is 6.42 Å². The second kappa shape index (κ2) is 7.49. The summed E-state index contributed by atoms with van der Waals surface area (Å²) in [4.78, 5) is 32.4. The molecule has 0 bridgehead atoms. The van der Waals surface area contributed by atoms with Crippen LogP contribution >= 0.6 is 0 Å². The van der Waals surface area contributed by atoms with E-state index in [9.17, 15) is 14.4 Å². The number of carboxylic acids is 1. The minimum atomic E-state index is -1.19. The zero-order valence-corrected chi connectivity index (χ0v) is 9.16. The zero-order valence-electron chi connectivity index (χ0n) is 9.16. The van der Waals surface area contributed by atoms with Crippen LogP contribution in [0.4, 0.5) is 4.79 Å². The predicted octanol–water partition coefficient (Wildman–Crippen LogP) is -0.586. The highest BCUT2D eigenvalue weighted by Crippen LogP contribution is 1.97. The Balaban J connectivity index is 4.07. The average Bonchev–Trinajstić information content (AvgIpc) is 2.20. The second-order valence-corrected chi connectivity index (χ2v) is 3.30. The van der Waals surface area contributed by atoms with Gasteiger partial charge in [-0.25, -0.2) is 9.59 Å². The molecule has 0 spiro atoms. The van der Waals surface area contributed by atoms with Crippen molar-refractivity contribution in [2.45, 2.75) is 32.2 Å². The third kappa shape index (κ3) is 6.63. The van der Waals surface area contributed by atoms with Gasteiger partial charge in [0.15, 0.2) is 0 Å². The number of nitrogens with two attached hydrogens (primary N) is 1. The minimum Gasteiger partial charge on any atom is -0.480 e. The predicted molar refractivity (Wildman–Crippen MR) is 56.7 cm³/mol. The van der Waals surface area contributed by atoms with E-state index in [1.165, 1.54) is 0 Å². The normalized spacial score (nSPS) is 11.6. The molecule has 0 rings (SSSR count). The first-order valence-corrected chi connectivity index (χ1v) is 5.02. The molecule has 0 radical (unpaired) electrons. The van der Waals surface area contributed by atoms with Crippen LogP contribution in [0, 0.1) is 0 Å². The van der Waals surface area contributed by atoms with Gasteiger partial charge in [-0.3, -0.25) is 4.79 Å². The molecule has 1 atom stereocenters. The fraction of sp³-hybridized carbons (Fsp3) is 0.667. The van der Waals surface area contributed by atoms with Crippen molar-refractivity contribution in [3.8, 4) is 0 Å². The van der Waals surface area contributed by atoms with Crippen molar-refractivity contribution in [2.24, 2.45) is 5.73 Å². The van der Waals surface area contributed by atoms with Crippen LogP contribution in [0.15, 0.2) is 0 Å². The van der Waals surface area contributed by atoms with Gasteiger partial charge in [-0.1, -0.05) is 6.92 Å². The van der Waals surface area contributed by atoms with Gasteiger partial charge < -0.3 is 21.5 Å². The highest BCUT2D eigenvalue weighted by Gasteiger charge is 2.19. The molecule has 92 valence electrons. The number of aliphatic carboxylic acids is 1.